The molecule has 3 rings (SSSR count). The van der Waals surface area contributed by atoms with Crippen molar-refractivity contribution in [2.24, 2.45) is 0 Å². The lowest BCUT2D eigenvalue weighted by Gasteiger charge is -2.36. The highest BCUT2D eigenvalue weighted by atomic mass is 16.3. The molecule has 0 atom stereocenters. The quantitative estimate of drug-likeness (QED) is 0.849. The number of rotatable bonds is 2. The molecule has 0 aromatic carbocycles. The number of aromatic nitrogens is 1. The molecule has 0 unspecified atom stereocenters. The Hall–Kier alpha value is -2.30. The largest absolute Gasteiger partial charge is 0.459 e. The normalized spacial score (nSPS) is 15.3. The minimum absolute atomic E-state index is 0.0138. The first-order valence-corrected chi connectivity index (χ1v) is 7.16. The van der Waals surface area contributed by atoms with E-state index in [0.29, 0.717) is 18.8 Å². The molecule has 21 heavy (non-hydrogen) atoms. The zero-order valence-corrected chi connectivity index (χ0v) is 12.4. The second kappa shape index (κ2) is 5.60. The predicted octanol–water partition coefficient (Wildman–Crippen LogP) is 2.25. The van der Waals surface area contributed by atoms with Gasteiger partial charge in [-0.2, -0.15) is 0 Å². The smallest absolute Gasteiger partial charge is 0.289 e. The summed E-state index contributed by atoms with van der Waals surface area (Å²) >= 11 is 0. The summed E-state index contributed by atoms with van der Waals surface area (Å²) in [5.41, 5.74) is 3.26. The van der Waals surface area contributed by atoms with Crippen molar-refractivity contribution in [2.75, 3.05) is 31.1 Å². The van der Waals surface area contributed by atoms with Crippen molar-refractivity contribution in [3.8, 4) is 0 Å². The maximum absolute atomic E-state index is 12.4. The number of piperazine rings is 1. The molecule has 2 aromatic heterocycles. The molecule has 110 valence electrons. The summed E-state index contributed by atoms with van der Waals surface area (Å²) in [5, 5.41) is 0. The SMILES string of the molecule is Cc1ccncc1N1CCN(C(=O)c2occc2C)CC1. The second-order valence-electron chi connectivity index (χ2n) is 5.37. The van der Waals surface area contributed by atoms with E-state index in [9.17, 15) is 4.79 Å². The minimum atomic E-state index is -0.0138. The minimum Gasteiger partial charge on any atom is -0.459 e. The predicted molar refractivity (Wildman–Crippen MR) is 80.5 cm³/mol. The van der Waals surface area contributed by atoms with E-state index in [4.69, 9.17) is 4.42 Å². The van der Waals surface area contributed by atoms with E-state index in [1.54, 1.807) is 12.5 Å². The van der Waals surface area contributed by atoms with Crippen LogP contribution in [0.1, 0.15) is 21.7 Å². The molecule has 0 radical (unpaired) electrons. The van der Waals surface area contributed by atoms with Crippen molar-refractivity contribution in [2.45, 2.75) is 13.8 Å². The fourth-order valence-corrected chi connectivity index (χ4v) is 2.67. The molecule has 0 aliphatic carbocycles. The van der Waals surface area contributed by atoms with E-state index in [2.05, 4.69) is 16.8 Å². The molecule has 1 amide bonds. The van der Waals surface area contributed by atoms with Crippen LogP contribution in [0.3, 0.4) is 0 Å². The third-order valence-corrected chi connectivity index (χ3v) is 3.98. The average Bonchev–Trinajstić information content (AvgIpc) is 2.93. The fourth-order valence-electron chi connectivity index (χ4n) is 2.67. The van der Waals surface area contributed by atoms with Crippen LogP contribution in [-0.4, -0.2) is 42.0 Å². The molecule has 2 aromatic rings. The molecule has 5 heteroatoms. The van der Waals surface area contributed by atoms with E-state index in [-0.39, 0.29) is 5.91 Å². The van der Waals surface area contributed by atoms with Gasteiger partial charge in [-0.25, -0.2) is 0 Å². The van der Waals surface area contributed by atoms with Crippen molar-refractivity contribution in [1.82, 2.24) is 9.88 Å². The highest BCUT2D eigenvalue weighted by Gasteiger charge is 2.25. The van der Waals surface area contributed by atoms with E-state index in [1.165, 1.54) is 5.56 Å². The van der Waals surface area contributed by atoms with Gasteiger partial charge in [0.15, 0.2) is 5.76 Å². The lowest BCUT2D eigenvalue weighted by molar-refractivity contribution is 0.0713. The number of carbonyl (C=O) groups is 1. The Balaban J connectivity index is 1.67. The number of hydrogen-bond donors (Lipinski definition) is 0. The molecular formula is C16H19N3O2. The number of pyridine rings is 1. The van der Waals surface area contributed by atoms with Crippen molar-refractivity contribution >= 4 is 11.6 Å². The van der Waals surface area contributed by atoms with Crippen LogP contribution in [0.2, 0.25) is 0 Å². The van der Waals surface area contributed by atoms with Crippen LogP contribution in [0.4, 0.5) is 5.69 Å². The van der Waals surface area contributed by atoms with Crippen LogP contribution in [0, 0.1) is 13.8 Å². The zero-order valence-electron chi connectivity index (χ0n) is 12.4. The van der Waals surface area contributed by atoms with Crippen LogP contribution < -0.4 is 4.90 Å². The van der Waals surface area contributed by atoms with Crippen molar-refractivity contribution in [1.29, 1.82) is 0 Å². The maximum Gasteiger partial charge on any atom is 0.289 e. The first-order valence-electron chi connectivity index (χ1n) is 7.16. The Kier molecular flexibility index (Phi) is 3.64. The Morgan fingerprint density at radius 2 is 1.90 bits per heavy atom. The number of carbonyl (C=O) groups excluding carboxylic acids is 1. The Bertz CT molecular complexity index is 642. The number of furan rings is 1. The first-order chi connectivity index (χ1) is 10.2. The topological polar surface area (TPSA) is 49.6 Å². The Labute approximate surface area is 124 Å². The van der Waals surface area contributed by atoms with Gasteiger partial charge in [-0.3, -0.25) is 9.78 Å². The molecular weight excluding hydrogens is 266 g/mol. The van der Waals surface area contributed by atoms with Gasteiger partial charge in [0.2, 0.25) is 0 Å². The summed E-state index contributed by atoms with van der Waals surface area (Å²) in [6, 6.07) is 3.83. The van der Waals surface area contributed by atoms with Gasteiger partial charge in [-0.1, -0.05) is 0 Å². The fraction of sp³-hybridized carbons (Fsp3) is 0.375. The molecule has 1 aliphatic rings. The van der Waals surface area contributed by atoms with Gasteiger partial charge in [-0.15, -0.1) is 0 Å². The maximum atomic E-state index is 12.4. The Morgan fingerprint density at radius 3 is 2.52 bits per heavy atom. The summed E-state index contributed by atoms with van der Waals surface area (Å²) in [6.45, 7) is 7.02. The molecule has 3 heterocycles. The highest BCUT2D eigenvalue weighted by Crippen LogP contribution is 2.21. The second-order valence-corrected chi connectivity index (χ2v) is 5.37. The third-order valence-electron chi connectivity index (χ3n) is 3.98. The van der Waals surface area contributed by atoms with E-state index >= 15 is 0 Å². The van der Waals surface area contributed by atoms with Crippen molar-refractivity contribution in [3.63, 3.8) is 0 Å². The van der Waals surface area contributed by atoms with Gasteiger partial charge in [-0.05, 0) is 31.5 Å². The number of amides is 1. The molecule has 0 spiro atoms. The van der Waals surface area contributed by atoms with Gasteiger partial charge in [0.25, 0.3) is 5.91 Å². The van der Waals surface area contributed by atoms with Crippen LogP contribution in [-0.2, 0) is 0 Å². The Morgan fingerprint density at radius 1 is 1.14 bits per heavy atom. The van der Waals surface area contributed by atoms with Gasteiger partial charge in [0.1, 0.15) is 0 Å². The lowest BCUT2D eigenvalue weighted by Crippen LogP contribution is -2.49. The number of nitrogens with zero attached hydrogens (tertiary/aromatic N) is 3. The molecule has 5 nitrogen and oxygen atoms in total. The van der Waals surface area contributed by atoms with Crippen LogP contribution in [0.25, 0.3) is 0 Å². The molecule has 1 saturated heterocycles. The summed E-state index contributed by atoms with van der Waals surface area (Å²) in [4.78, 5) is 20.7. The van der Waals surface area contributed by atoms with E-state index in [0.717, 1.165) is 24.3 Å². The summed E-state index contributed by atoms with van der Waals surface area (Å²) in [6.07, 6.45) is 5.26. The standard InChI is InChI=1S/C16H19N3O2/c1-12-3-5-17-11-14(12)18-6-8-19(9-7-18)16(20)15-13(2)4-10-21-15/h3-5,10-11H,6-9H2,1-2H3. The van der Waals surface area contributed by atoms with Crippen molar-refractivity contribution < 1.29 is 9.21 Å². The van der Waals surface area contributed by atoms with Crippen molar-refractivity contribution in [3.05, 3.63) is 47.7 Å². The third kappa shape index (κ3) is 2.63. The average molecular weight is 285 g/mol. The highest BCUT2D eigenvalue weighted by molar-refractivity contribution is 5.93. The zero-order chi connectivity index (χ0) is 14.8. The lowest BCUT2D eigenvalue weighted by atomic mass is 10.2. The monoisotopic (exact) mass is 285 g/mol. The molecule has 0 N–H and O–H groups in total. The molecule has 1 aliphatic heterocycles. The van der Waals surface area contributed by atoms with Crippen LogP contribution in [0.5, 0.6) is 0 Å². The first kappa shape index (κ1) is 13.7. The van der Waals surface area contributed by atoms with Gasteiger partial charge in [0, 0.05) is 37.9 Å². The summed E-state index contributed by atoms with van der Waals surface area (Å²) in [5.74, 6) is 0.445. The molecule has 0 saturated carbocycles. The van der Waals surface area contributed by atoms with E-state index in [1.807, 2.05) is 30.2 Å². The summed E-state index contributed by atoms with van der Waals surface area (Å²) < 4.78 is 5.30. The van der Waals surface area contributed by atoms with Gasteiger partial charge < -0.3 is 14.2 Å². The van der Waals surface area contributed by atoms with E-state index < -0.39 is 0 Å². The number of hydrogen-bond acceptors (Lipinski definition) is 4. The van der Waals surface area contributed by atoms with Crippen LogP contribution >= 0.6 is 0 Å². The molecule has 1 fully saturated rings. The van der Waals surface area contributed by atoms with Crippen LogP contribution in [0.15, 0.2) is 35.2 Å². The number of aryl methyl sites for hydroxylation is 2. The summed E-state index contributed by atoms with van der Waals surface area (Å²) in [7, 11) is 0. The number of anilines is 1. The molecule has 0 bridgehead atoms. The van der Waals surface area contributed by atoms with Gasteiger partial charge >= 0.3 is 0 Å². The van der Waals surface area contributed by atoms with Gasteiger partial charge in [0.05, 0.1) is 18.1 Å².